The quantitative estimate of drug-likeness (QED) is 0.820. The van der Waals surface area contributed by atoms with Crippen LogP contribution >= 0.6 is 27.5 Å². The highest BCUT2D eigenvalue weighted by atomic mass is 79.9. The van der Waals surface area contributed by atoms with Gasteiger partial charge in [-0.2, -0.15) is 0 Å². The first-order valence-corrected chi connectivity index (χ1v) is 6.05. The predicted molar refractivity (Wildman–Crippen MR) is 66.0 cm³/mol. The fourth-order valence-corrected chi connectivity index (χ4v) is 1.46. The van der Waals surface area contributed by atoms with Gasteiger partial charge in [0.25, 0.3) is 5.56 Å². The monoisotopic (exact) mass is 293 g/mol. The average Bonchev–Trinajstić information content (AvgIpc) is 2.24. The normalized spacial score (nSPS) is 12.5. The third-order valence-corrected chi connectivity index (χ3v) is 3.45. The van der Waals surface area contributed by atoms with Crippen molar-refractivity contribution in [2.75, 3.05) is 11.9 Å². The highest BCUT2D eigenvalue weighted by Gasteiger charge is 2.05. The smallest absolute Gasteiger partial charge is 0.271 e. The van der Waals surface area contributed by atoms with Crippen LogP contribution in [0.25, 0.3) is 0 Å². The number of halogens is 2. The number of aromatic amines is 1. The summed E-state index contributed by atoms with van der Waals surface area (Å²) in [5, 5.41) is 3.14. The van der Waals surface area contributed by atoms with Crippen molar-refractivity contribution in [1.29, 1.82) is 0 Å². The van der Waals surface area contributed by atoms with E-state index in [0.717, 1.165) is 19.4 Å². The van der Waals surface area contributed by atoms with Gasteiger partial charge in [0.1, 0.15) is 5.02 Å². The van der Waals surface area contributed by atoms with Crippen LogP contribution in [0.1, 0.15) is 19.8 Å². The lowest BCUT2D eigenvalue weighted by atomic mass is 10.2. The maximum Gasteiger partial charge on any atom is 0.271 e. The van der Waals surface area contributed by atoms with Crippen molar-refractivity contribution in [2.45, 2.75) is 24.6 Å². The average molecular weight is 295 g/mol. The summed E-state index contributed by atoms with van der Waals surface area (Å²) in [7, 11) is 0. The Hall–Kier alpha value is -0.550. The standard InChI is InChI=1S/C9H13BrClN3O/c1-2-6(10)3-4-12-8-7(11)9(15)14-5-13-8/h5-6H,2-4H2,1H3,(H2,12,13,14,15). The molecule has 0 aliphatic carbocycles. The van der Waals surface area contributed by atoms with Crippen molar-refractivity contribution in [1.82, 2.24) is 9.97 Å². The van der Waals surface area contributed by atoms with Crippen molar-refractivity contribution in [2.24, 2.45) is 0 Å². The van der Waals surface area contributed by atoms with Crippen LogP contribution < -0.4 is 10.9 Å². The van der Waals surface area contributed by atoms with Crippen LogP contribution in [0.5, 0.6) is 0 Å². The number of alkyl halides is 1. The predicted octanol–water partition coefficient (Wildman–Crippen LogP) is 2.40. The molecule has 0 aliphatic heterocycles. The zero-order valence-corrected chi connectivity index (χ0v) is 10.7. The molecule has 0 spiro atoms. The maximum atomic E-state index is 11.1. The number of nitrogens with one attached hydrogen (secondary N) is 2. The highest BCUT2D eigenvalue weighted by molar-refractivity contribution is 9.09. The van der Waals surface area contributed by atoms with E-state index in [9.17, 15) is 4.79 Å². The molecule has 1 unspecified atom stereocenters. The Morgan fingerprint density at radius 1 is 1.73 bits per heavy atom. The van der Waals surface area contributed by atoms with Gasteiger partial charge in [0.05, 0.1) is 6.33 Å². The zero-order chi connectivity index (χ0) is 11.3. The van der Waals surface area contributed by atoms with Gasteiger partial charge in [-0.1, -0.05) is 34.5 Å². The molecule has 84 valence electrons. The Bertz CT molecular complexity index is 369. The van der Waals surface area contributed by atoms with E-state index in [1.807, 2.05) is 0 Å². The fraction of sp³-hybridized carbons (Fsp3) is 0.556. The topological polar surface area (TPSA) is 57.8 Å². The van der Waals surface area contributed by atoms with Gasteiger partial charge in [-0.3, -0.25) is 4.79 Å². The third kappa shape index (κ3) is 3.83. The maximum absolute atomic E-state index is 11.1. The number of rotatable bonds is 5. The van der Waals surface area contributed by atoms with Crippen LogP contribution in [0.2, 0.25) is 5.02 Å². The van der Waals surface area contributed by atoms with E-state index in [1.54, 1.807) is 0 Å². The summed E-state index contributed by atoms with van der Waals surface area (Å²) >= 11 is 9.28. The Morgan fingerprint density at radius 3 is 3.13 bits per heavy atom. The first-order chi connectivity index (χ1) is 7.15. The third-order valence-electron chi connectivity index (χ3n) is 1.99. The van der Waals surface area contributed by atoms with Crippen molar-refractivity contribution in [3.05, 3.63) is 21.7 Å². The molecule has 15 heavy (non-hydrogen) atoms. The minimum absolute atomic E-state index is 0.111. The van der Waals surface area contributed by atoms with E-state index in [-0.39, 0.29) is 10.6 Å². The number of hydrogen-bond donors (Lipinski definition) is 2. The van der Waals surface area contributed by atoms with Crippen LogP contribution in [0.15, 0.2) is 11.1 Å². The van der Waals surface area contributed by atoms with Crippen LogP contribution in [0, 0.1) is 0 Å². The number of anilines is 1. The molecular formula is C9H13BrClN3O. The van der Waals surface area contributed by atoms with Crippen LogP contribution in [-0.4, -0.2) is 21.3 Å². The van der Waals surface area contributed by atoms with Gasteiger partial charge in [0.15, 0.2) is 5.82 Å². The lowest BCUT2D eigenvalue weighted by Gasteiger charge is -2.08. The second kappa shape index (κ2) is 6.12. The lowest BCUT2D eigenvalue weighted by Crippen LogP contribution is -2.14. The Balaban J connectivity index is 2.51. The summed E-state index contributed by atoms with van der Waals surface area (Å²) in [4.78, 5) is 17.9. The minimum Gasteiger partial charge on any atom is -0.369 e. The van der Waals surface area contributed by atoms with E-state index in [4.69, 9.17) is 11.6 Å². The molecule has 0 saturated carbocycles. The molecule has 4 nitrogen and oxygen atoms in total. The summed E-state index contributed by atoms with van der Waals surface area (Å²) in [6.07, 6.45) is 3.36. The van der Waals surface area contributed by atoms with E-state index in [2.05, 4.69) is 38.1 Å². The van der Waals surface area contributed by atoms with E-state index < -0.39 is 0 Å². The lowest BCUT2D eigenvalue weighted by molar-refractivity contribution is 0.772. The largest absolute Gasteiger partial charge is 0.369 e. The Labute approximate surface area is 102 Å². The van der Waals surface area contributed by atoms with Gasteiger partial charge in [-0.15, -0.1) is 0 Å². The highest BCUT2D eigenvalue weighted by Crippen LogP contribution is 2.13. The summed E-state index contributed by atoms with van der Waals surface area (Å²) in [5.74, 6) is 0.441. The van der Waals surface area contributed by atoms with Gasteiger partial charge in [0.2, 0.25) is 0 Å². The minimum atomic E-state index is -0.319. The van der Waals surface area contributed by atoms with Crippen LogP contribution in [-0.2, 0) is 0 Å². The zero-order valence-electron chi connectivity index (χ0n) is 8.39. The number of nitrogens with zero attached hydrogens (tertiary/aromatic N) is 1. The van der Waals surface area contributed by atoms with Crippen LogP contribution in [0.4, 0.5) is 5.82 Å². The summed E-state index contributed by atoms with van der Waals surface area (Å²) in [6, 6.07) is 0. The van der Waals surface area contributed by atoms with Gasteiger partial charge in [-0.25, -0.2) is 4.98 Å². The Kier molecular flexibility index (Phi) is 5.11. The first-order valence-electron chi connectivity index (χ1n) is 4.76. The second-order valence-corrected chi connectivity index (χ2v) is 4.79. The number of H-pyrrole nitrogens is 1. The molecule has 0 amide bonds. The fourth-order valence-electron chi connectivity index (χ4n) is 1.06. The molecule has 0 saturated heterocycles. The van der Waals surface area contributed by atoms with E-state index in [1.165, 1.54) is 6.33 Å². The van der Waals surface area contributed by atoms with Crippen molar-refractivity contribution in [3.8, 4) is 0 Å². The molecule has 0 bridgehead atoms. The van der Waals surface area contributed by atoms with Gasteiger partial charge >= 0.3 is 0 Å². The molecule has 6 heteroatoms. The molecule has 1 rings (SSSR count). The molecular weight excluding hydrogens is 281 g/mol. The number of aromatic nitrogens is 2. The van der Waals surface area contributed by atoms with E-state index >= 15 is 0 Å². The molecule has 1 atom stereocenters. The van der Waals surface area contributed by atoms with Crippen molar-refractivity contribution in [3.63, 3.8) is 0 Å². The molecule has 0 fully saturated rings. The molecule has 1 heterocycles. The van der Waals surface area contributed by atoms with Crippen LogP contribution in [0.3, 0.4) is 0 Å². The molecule has 0 radical (unpaired) electrons. The van der Waals surface area contributed by atoms with Gasteiger partial charge in [-0.05, 0) is 12.8 Å². The van der Waals surface area contributed by atoms with Gasteiger partial charge < -0.3 is 10.3 Å². The molecule has 1 aromatic rings. The Morgan fingerprint density at radius 2 is 2.47 bits per heavy atom. The van der Waals surface area contributed by atoms with Gasteiger partial charge in [0, 0.05) is 11.4 Å². The summed E-state index contributed by atoms with van der Waals surface area (Å²) in [5.41, 5.74) is -0.319. The van der Waals surface area contributed by atoms with E-state index in [0.29, 0.717) is 10.6 Å². The molecule has 0 aromatic carbocycles. The van der Waals surface area contributed by atoms with Crippen molar-refractivity contribution < 1.29 is 0 Å². The summed E-state index contributed by atoms with van der Waals surface area (Å²) < 4.78 is 0. The summed E-state index contributed by atoms with van der Waals surface area (Å²) in [6.45, 7) is 2.85. The molecule has 0 aliphatic rings. The molecule has 1 aromatic heterocycles. The SMILES string of the molecule is CCC(Br)CCNc1nc[nH]c(=O)c1Cl. The first kappa shape index (κ1) is 12.5. The second-order valence-electron chi connectivity index (χ2n) is 3.12. The molecule has 2 N–H and O–H groups in total. The van der Waals surface area contributed by atoms with Crippen molar-refractivity contribution >= 4 is 33.3 Å². The number of hydrogen-bond acceptors (Lipinski definition) is 3.